The Morgan fingerprint density at radius 2 is 1.47 bits per heavy atom. The standard InChI is InChI=1S/C30H26N2O6/c33-25(31-21-11-13-24(14-12-21)38-23-7-2-1-3-8-23)17-37-30(36)20-5-4-6-22(16-20)32-28(34)26-18-9-10-19(15-18)27(26)29(32)35/h1-8,11-14,16,18-19,26-27H,9-10,15,17H2,(H,31,33)/t18-,19-,26-,27-/m0/s1. The van der Waals surface area contributed by atoms with Crippen LogP contribution in [0.4, 0.5) is 11.4 Å². The van der Waals surface area contributed by atoms with E-state index in [0.29, 0.717) is 22.9 Å². The summed E-state index contributed by atoms with van der Waals surface area (Å²) in [4.78, 5) is 52.4. The minimum Gasteiger partial charge on any atom is -0.457 e. The average Bonchev–Trinajstić information content (AvgIpc) is 3.62. The number of para-hydroxylation sites is 1. The highest BCUT2D eigenvalue weighted by Crippen LogP contribution is 2.56. The second-order valence-corrected chi connectivity index (χ2v) is 10.0. The fraction of sp³-hybridized carbons (Fsp3) is 0.267. The molecule has 2 aliphatic carbocycles. The van der Waals surface area contributed by atoms with Crippen LogP contribution in [-0.2, 0) is 19.1 Å². The number of nitrogens with one attached hydrogen (secondary N) is 1. The van der Waals surface area contributed by atoms with Crippen molar-refractivity contribution in [3.05, 3.63) is 84.4 Å². The normalized spacial score (nSPS) is 23.3. The highest BCUT2D eigenvalue weighted by atomic mass is 16.5. The fourth-order valence-electron chi connectivity index (χ4n) is 6.08. The first kappa shape index (κ1) is 23.9. The number of rotatable bonds is 7. The van der Waals surface area contributed by atoms with Crippen molar-refractivity contribution in [1.29, 1.82) is 0 Å². The number of carbonyl (C=O) groups is 4. The molecule has 3 amide bonds. The van der Waals surface area contributed by atoms with E-state index >= 15 is 0 Å². The molecule has 0 unspecified atom stereocenters. The maximum absolute atomic E-state index is 13.1. The Morgan fingerprint density at radius 3 is 2.16 bits per heavy atom. The highest BCUT2D eigenvalue weighted by molar-refractivity contribution is 6.22. The average molecular weight is 511 g/mol. The van der Waals surface area contributed by atoms with E-state index in [2.05, 4.69) is 5.32 Å². The Labute approximate surface area is 219 Å². The van der Waals surface area contributed by atoms with Crippen molar-refractivity contribution >= 4 is 35.1 Å². The quantitative estimate of drug-likeness (QED) is 0.362. The Bertz CT molecular complexity index is 1380. The van der Waals surface area contributed by atoms with E-state index < -0.39 is 18.5 Å². The summed E-state index contributed by atoms with van der Waals surface area (Å²) in [5.74, 6) is -0.141. The number of imide groups is 1. The fourth-order valence-corrected chi connectivity index (χ4v) is 6.08. The van der Waals surface area contributed by atoms with Gasteiger partial charge in [-0.3, -0.25) is 19.3 Å². The predicted octanol–water partition coefficient (Wildman–Crippen LogP) is 4.81. The third kappa shape index (κ3) is 4.42. The van der Waals surface area contributed by atoms with Crippen LogP contribution in [0.2, 0.25) is 0 Å². The third-order valence-electron chi connectivity index (χ3n) is 7.72. The van der Waals surface area contributed by atoms with E-state index in [1.54, 1.807) is 36.4 Å². The van der Waals surface area contributed by atoms with Gasteiger partial charge in [0.25, 0.3) is 5.91 Å². The number of hydrogen-bond donors (Lipinski definition) is 1. The number of fused-ring (bicyclic) bond motifs is 5. The number of amides is 3. The first-order valence-electron chi connectivity index (χ1n) is 12.8. The number of esters is 1. The van der Waals surface area contributed by atoms with E-state index in [9.17, 15) is 19.2 Å². The molecule has 2 saturated carbocycles. The van der Waals surface area contributed by atoms with E-state index in [4.69, 9.17) is 9.47 Å². The van der Waals surface area contributed by atoms with Gasteiger partial charge in [0, 0.05) is 5.69 Å². The van der Waals surface area contributed by atoms with Crippen LogP contribution in [0.5, 0.6) is 11.5 Å². The van der Waals surface area contributed by atoms with Crippen molar-refractivity contribution in [2.24, 2.45) is 23.7 Å². The molecule has 8 nitrogen and oxygen atoms in total. The summed E-state index contributed by atoms with van der Waals surface area (Å²) in [6.45, 7) is -0.486. The van der Waals surface area contributed by atoms with Gasteiger partial charge in [0.05, 0.1) is 23.1 Å². The lowest BCUT2D eigenvalue weighted by Crippen LogP contribution is -2.32. The Kier molecular flexibility index (Phi) is 6.15. The SMILES string of the molecule is O=C(COC(=O)c1cccc(N2C(=O)[C@H]3[C@H]4CC[C@@H](C4)[C@@H]3C2=O)c1)Nc1ccc(Oc2ccccc2)cc1. The number of benzene rings is 3. The van der Waals surface area contributed by atoms with Crippen molar-refractivity contribution in [2.75, 3.05) is 16.8 Å². The molecule has 1 heterocycles. The number of hydrogen-bond acceptors (Lipinski definition) is 6. The van der Waals surface area contributed by atoms with Crippen LogP contribution in [0.25, 0.3) is 0 Å². The lowest BCUT2D eigenvalue weighted by atomic mass is 9.81. The molecular weight excluding hydrogens is 484 g/mol. The van der Waals surface area contributed by atoms with Gasteiger partial charge in [-0.15, -0.1) is 0 Å². The molecule has 6 rings (SSSR count). The highest BCUT2D eigenvalue weighted by Gasteiger charge is 2.61. The van der Waals surface area contributed by atoms with Crippen LogP contribution in [0.3, 0.4) is 0 Å². The summed E-state index contributed by atoms with van der Waals surface area (Å²) < 4.78 is 10.9. The van der Waals surface area contributed by atoms with Crippen molar-refractivity contribution in [2.45, 2.75) is 19.3 Å². The summed E-state index contributed by atoms with van der Waals surface area (Å²) in [5, 5.41) is 2.68. The Balaban J connectivity index is 1.04. The molecule has 1 saturated heterocycles. The summed E-state index contributed by atoms with van der Waals surface area (Å²) >= 11 is 0. The zero-order valence-corrected chi connectivity index (χ0v) is 20.5. The first-order valence-corrected chi connectivity index (χ1v) is 12.8. The summed E-state index contributed by atoms with van der Waals surface area (Å²) in [6.07, 6.45) is 2.96. The van der Waals surface area contributed by atoms with Crippen LogP contribution < -0.4 is 15.0 Å². The number of carbonyl (C=O) groups excluding carboxylic acids is 4. The lowest BCUT2D eigenvalue weighted by molar-refractivity contribution is -0.123. The zero-order chi connectivity index (χ0) is 26.2. The third-order valence-corrected chi connectivity index (χ3v) is 7.72. The van der Waals surface area contributed by atoms with Gasteiger partial charge in [0.15, 0.2) is 6.61 Å². The van der Waals surface area contributed by atoms with Crippen LogP contribution >= 0.6 is 0 Å². The lowest BCUT2D eigenvalue weighted by Gasteiger charge is -2.19. The zero-order valence-electron chi connectivity index (χ0n) is 20.5. The molecule has 3 aromatic rings. The van der Waals surface area contributed by atoms with Crippen LogP contribution in [0.15, 0.2) is 78.9 Å². The largest absolute Gasteiger partial charge is 0.457 e. The molecule has 3 fully saturated rings. The van der Waals surface area contributed by atoms with Gasteiger partial charge in [-0.25, -0.2) is 4.79 Å². The summed E-state index contributed by atoms with van der Waals surface area (Å²) in [5.41, 5.74) is 1.06. The molecule has 1 aliphatic heterocycles. The molecular formula is C30H26N2O6. The number of ether oxygens (including phenoxy) is 2. The predicted molar refractivity (Wildman–Crippen MR) is 139 cm³/mol. The van der Waals surface area contributed by atoms with Crippen LogP contribution in [0, 0.1) is 23.7 Å². The van der Waals surface area contributed by atoms with Crippen molar-refractivity contribution in [1.82, 2.24) is 0 Å². The van der Waals surface area contributed by atoms with Gasteiger partial charge in [-0.2, -0.15) is 0 Å². The van der Waals surface area contributed by atoms with E-state index in [1.165, 1.54) is 17.0 Å². The van der Waals surface area contributed by atoms with Crippen LogP contribution in [0.1, 0.15) is 29.6 Å². The first-order chi connectivity index (χ1) is 18.5. The molecule has 1 N–H and O–H groups in total. The van der Waals surface area contributed by atoms with Gasteiger partial charge in [0.2, 0.25) is 11.8 Å². The number of anilines is 2. The molecule has 3 aliphatic rings. The summed E-state index contributed by atoms with van der Waals surface area (Å²) in [7, 11) is 0. The molecule has 3 aromatic carbocycles. The van der Waals surface area contributed by atoms with E-state index in [1.807, 2.05) is 30.3 Å². The Morgan fingerprint density at radius 1 is 0.816 bits per heavy atom. The maximum Gasteiger partial charge on any atom is 0.338 e. The smallest absolute Gasteiger partial charge is 0.338 e. The molecule has 4 atom stereocenters. The molecule has 0 aromatic heterocycles. The molecule has 2 bridgehead atoms. The van der Waals surface area contributed by atoms with E-state index in [0.717, 1.165) is 19.3 Å². The van der Waals surface area contributed by atoms with Gasteiger partial charge in [0.1, 0.15) is 11.5 Å². The summed E-state index contributed by atoms with van der Waals surface area (Å²) in [6, 6.07) is 22.4. The van der Waals surface area contributed by atoms with E-state index in [-0.39, 0.29) is 41.0 Å². The van der Waals surface area contributed by atoms with Gasteiger partial charge < -0.3 is 14.8 Å². The van der Waals surface area contributed by atoms with Gasteiger partial charge >= 0.3 is 5.97 Å². The molecule has 192 valence electrons. The second kappa shape index (κ2) is 9.78. The maximum atomic E-state index is 13.1. The molecule has 0 radical (unpaired) electrons. The minimum absolute atomic E-state index is 0.165. The Hall–Kier alpha value is -4.46. The topological polar surface area (TPSA) is 102 Å². The monoisotopic (exact) mass is 510 g/mol. The van der Waals surface area contributed by atoms with Gasteiger partial charge in [-0.05, 0) is 85.7 Å². The second-order valence-electron chi connectivity index (χ2n) is 10.0. The molecule has 8 heteroatoms. The number of nitrogens with zero attached hydrogens (tertiary/aromatic N) is 1. The van der Waals surface area contributed by atoms with Crippen molar-refractivity contribution in [3.8, 4) is 11.5 Å². The van der Waals surface area contributed by atoms with Crippen molar-refractivity contribution in [3.63, 3.8) is 0 Å². The molecule has 38 heavy (non-hydrogen) atoms. The molecule has 0 spiro atoms. The van der Waals surface area contributed by atoms with Crippen molar-refractivity contribution < 1.29 is 28.7 Å². The van der Waals surface area contributed by atoms with Crippen LogP contribution in [-0.4, -0.2) is 30.3 Å². The minimum atomic E-state index is -0.715. The van der Waals surface area contributed by atoms with Gasteiger partial charge in [-0.1, -0.05) is 24.3 Å².